The van der Waals surface area contributed by atoms with E-state index in [1.807, 2.05) is 6.20 Å². The third-order valence-electron chi connectivity index (χ3n) is 0.952. The molecule has 0 aromatic carbocycles. The Morgan fingerprint density at radius 2 is 2.50 bits per heavy atom. The second-order valence-electron chi connectivity index (χ2n) is 1.62. The van der Waals surface area contributed by atoms with Gasteiger partial charge in [-0.1, -0.05) is 6.58 Å². The summed E-state index contributed by atoms with van der Waals surface area (Å²) >= 11 is 0. The first-order valence-electron chi connectivity index (χ1n) is 2.44. The van der Waals surface area contributed by atoms with Gasteiger partial charge in [-0.25, -0.2) is 0 Å². The average Bonchev–Trinajstić information content (AvgIpc) is 2.14. The minimum absolute atomic E-state index is 0.534. The lowest BCUT2D eigenvalue weighted by molar-refractivity contribution is 0.964. The lowest BCUT2D eigenvalue weighted by Gasteiger charge is -1.96. The van der Waals surface area contributed by atoms with Crippen LogP contribution in [0.5, 0.6) is 0 Å². The highest BCUT2D eigenvalue weighted by molar-refractivity contribution is 6.10. The molecule has 2 nitrogen and oxygen atoms in total. The van der Waals surface area contributed by atoms with E-state index in [1.165, 1.54) is 0 Å². The molecule has 0 unspecified atom stereocenters. The molecule has 0 saturated carbocycles. The van der Waals surface area contributed by atoms with E-state index < -0.39 is 0 Å². The first-order chi connectivity index (χ1) is 3.83. The van der Waals surface area contributed by atoms with Gasteiger partial charge in [-0.3, -0.25) is 0 Å². The van der Waals surface area contributed by atoms with Gasteiger partial charge in [-0.2, -0.15) is 0 Å². The molecular formula is C5H7BN2. The first kappa shape index (κ1) is 5.28. The largest absolute Gasteiger partial charge is 0.347 e. The van der Waals surface area contributed by atoms with Crippen LogP contribution in [0.4, 0.5) is 0 Å². The van der Waals surface area contributed by atoms with Gasteiger partial charge in [0.1, 0.15) is 0 Å². The van der Waals surface area contributed by atoms with Crippen molar-refractivity contribution < 1.29 is 0 Å². The molecule has 0 saturated heterocycles. The zero-order chi connectivity index (χ0) is 5.98. The fraction of sp³-hybridized carbons (Fsp3) is 0.200. The number of hydrogen-bond donors (Lipinski definition) is 2. The molecule has 0 fully saturated rings. The van der Waals surface area contributed by atoms with Crippen molar-refractivity contribution in [1.82, 2.24) is 10.6 Å². The second kappa shape index (κ2) is 1.94. The molecule has 0 atom stereocenters. The molecule has 0 bridgehead atoms. The van der Waals surface area contributed by atoms with Crippen LogP contribution >= 0.6 is 0 Å². The summed E-state index contributed by atoms with van der Waals surface area (Å²) in [5, 5.41) is 5.81. The Hall–Kier alpha value is -0.855. The second-order valence-corrected chi connectivity index (χ2v) is 1.62. The van der Waals surface area contributed by atoms with E-state index in [0.717, 1.165) is 11.5 Å². The topological polar surface area (TPSA) is 24.1 Å². The minimum Gasteiger partial charge on any atom is -0.347 e. The van der Waals surface area contributed by atoms with Gasteiger partial charge >= 0.3 is 0 Å². The molecule has 0 amide bonds. The van der Waals surface area contributed by atoms with Gasteiger partial charge in [0.25, 0.3) is 0 Å². The molecule has 0 spiro atoms. The van der Waals surface area contributed by atoms with E-state index in [4.69, 9.17) is 7.85 Å². The molecule has 3 heteroatoms. The summed E-state index contributed by atoms with van der Waals surface area (Å²) in [4.78, 5) is 0. The standard InChI is InChI=1S/C5H7BN2/c1-4-7-3-5(2-6)8-4/h3,7-8H,1-2H2. The predicted octanol–water partition coefficient (Wildman–Crippen LogP) is 0.0786. The van der Waals surface area contributed by atoms with E-state index in [1.54, 1.807) is 0 Å². The van der Waals surface area contributed by atoms with Crippen LogP contribution in [-0.4, -0.2) is 7.85 Å². The van der Waals surface area contributed by atoms with Gasteiger partial charge in [0.15, 0.2) is 0 Å². The summed E-state index contributed by atoms with van der Waals surface area (Å²) in [6.45, 7) is 3.62. The summed E-state index contributed by atoms with van der Waals surface area (Å²) in [5.41, 5.74) is 0.981. The van der Waals surface area contributed by atoms with E-state index in [-0.39, 0.29) is 0 Å². The molecule has 40 valence electrons. The van der Waals surface area contributed by atoms with Crippen LogP contribution in [0.1, 0.15) is 0 Å². The summed E-state index contributed by atoms with van der Waals surface area (Å²) in [6.07, 6.45) is 2.34. The molecule has 1 aliphatic heterocycles. The lowest BCUT2D eigenvalue weighted by Crippen LogP contribution is -2.09. The SMILES string of the molecule is [B]CC1=CNC(=C)N1. The zero-order valence-electron chi connectivity index (χ0n) is 4.57. The Labute approximate surface area is 50.1 Å². The highest BCUT2D eigenvalue weighted by atomic mass is 15.1. The fourth-order valence-electron chi connectivity index (χ4n) is 0.550. The maximum Gasteiger partial charge on any atom is 0.0995 e. The minimum atomic E-state index is 0.534. The molecule has 2 N–H and O–H groups in total. The Balaban J connectivity index is 2.49. The maximum absolute atomic E-state index is 5.28. The summed E-state index contributed by atoms with van der Waals surface area (Å²) in [5.74, 6) is 0.797. The number of nitrogens with one attached hydrogen (secondary N) is 2. The summed E-state index contributed by atoms with van der Waals surface area (Å²) in [6, 6.07) is 0. The Bertz CT molecular complexity index is 139. The van der Waals surface area contributed by atoms with E-state index in [9.17, 15) is 0 Å². The molecule has 2 radical (unpaired) electrons. The van der Waals surface area contributed by atoms with Crippen molar-refractivity contribution in [2.45, 2.75) is 6.32 Å². The maximum atomic E-state index is 5.28. The third-order valence-corrected chi connectivity index (χ3v) is 0.952. The molecule has 1 aliphatic rings. The first-order valence-corrected chi connectivity index (χ1v) is 2.44. The van der Waals surface area contributed by atoms with Crippen LogP contribution in [-0.2, 0) is 0 Å². The Kier molecular flexibility index (Phi) is 1.28. The van der Waals surface area contributed by atoms with Crippen molar-refractivity contribution >= 4 is 7.85 Å². The van der Waals surface area contributed by atoms with Crippen LogP contribution in [0.25, 0.3) is 0 Å². The Morgan fingerprint density at radius 1 is 1.75 bits per heavy atom. The molecule has 0 aliphatic carbocycles. The molecule has 1 rings (SSSR count). The van der Waals surface area contributed by atoms with Gasteiger partial charge in [0, 0.05) is 11.9 Å². The molecule has 8 heavy (non-hydrogen) atoms. The van der Waals surface area contributed by atoms with Gasteiger partial charge in [-0.15, -0.1) is 0 Å². The van der Waals surface area contributed by atoms with Gasteiger partial charge in [-0.05, 0) is 6.32 Å². The van der Waals surface area contributed by atoms with Crippen LogP contribution in [0.15, 0.2) is 24.3 Å². The van der Waals surface area contributed by atoms with E-state index >= 15 is 0 Å². The predicted molar refractivity (Wildman–Crippen MR) is 34.1 cm³/mol. The average molecular weight is 106 g/mol. The van der Waals surface area contributed by atoms with Crippen LogP contribution in [0.3, 0.4) is 0 Å². The number of hydrogen-bond acceptors (Lipinski definition) is 2. The van der Waals surface area contributed by atoms with Crippen molar-refractivity contribution in [3.63, 3.8) is 0 Å². The van der Waals surface area contributed by atoms with Crippen LogP contribution in [0.2, 0.25) is 6.32 Å². The zero-order valence-corrected chi connectivity index (χ0v) is 4.57. The van der Waals surface area contributed by atoms with Crippen molar-refractivity contribution in [2.24, 2.45) is 0 Å². The van der Waals surface area contributed by atoms with Gasteiger partial charge in [0.2, 0.25) is 0 Å². The normalized spacial score (nSPS) is 17.0. The number of allylic oxidation sites excluding steroid dienone is 1. The van der Waals surface area contributed by atoms with Crippen LogP contribution < -0.4 is 10.6 Å². The quantitative estimate of drug-likeness (QED) is 0.462. The summed E-state index contributed by atoms with van der Waals surface area (Å²) < 4.78 is 0. The molecule has 0 aromatic rings. The van der Waals surface area contributed by atoms with Crippen LogP contribution in [0, 0.1) is 0 Å². The lowest BCUT2D eigenvalue weighted by atomic mass is 10.0. The molecule has 0 aromatic heterocycles. The molecular weight excluding hydrogens is 98.9 g/mol. The smallest absolute Gasteiger partial charge is 0.0995 e. The van der Waals surface area contributed by atoms with Gasteiger partial charge < -0.3 is 10.6 Å². The molecule has 1 heterocycles. The van der Waals surface area contributed by atoms with Crippen molar-refractivity contribution in [1.29, 1.82) is 0 Å². The fourth-order valence-corrected chi connectivity index (χ4v) is 0.550. The van der Waals surface area contributed by atoms with Crippen molar-refractivity contribution in [2.75, 3.05) is 0 Å². The van der Waals surface area contributed by atoms with E-state index in [2.05, 4.69) is 17.2 Å². The summed E-state index contributed by atoms with van der Waals surface area (Å²) in [7, 11) is 5.28. The Morgan fingerprint density at radius 3 is 2.75 bits per heavy atom. The van der Waals surface area contributed by atoms with Gasteiger partial charge in [0.05, 0.1) is 13.7 Å². The highest BCUT2D eigenvalue weighted by Crippen LogP contribution is 2.00. The van der Waals surface area contributed by atoms with Crippen molar-refractivity contribution in [3.8, 4) is 0 Å². The number of rotatable bonds is 1. The van der Waals surface area contributed by atoms with Crippen molar-refractivity contribution in [3.05, 3.63) is 24.3 Å². The monoisotopic (exact) mass is 106 g/mol. The van der Waals surface area contributed by atoms with E-state index in [0.29, 0.717) is 6.32 Å². The third kappa shape index (κ3) is 0.859. The highest BCUT2D eigenvalue weighted by Gasteiger charge is 2.00.